The fourth-order valence-electron chi connectivity index (χ4n) is 4.67. The van der Waals surface area contributed by atoms with Gasteiger partial charge in [-0.3, -0.25) is 4.79 Å². The van der Waals surface area contributed by atoms with Crippen molar-refractivity contribution < 1.29 is 29.6 Å². The highest BCUT2D eigenvalue weighted by atomic mass is 16.5. The lowest BCUT2D eigenvalue weighted by Gasteiger charge is -2.21. The van der Waals surface area contributed by atoms with Crippen LogP contribution in [0.15, 0.2) is 42.5 Å². The molecule has 0 amide bonds. The van der Waals surface area contributed by atoms with Crippen molar-refractivity contribution in [2.24, 2.45) is 17.8 Å². The molecule has 6 heteroatoms. The Labute approximate surface area is 178 Å². The second kappa shape index (κ2) is 11.6. The molecule has 0 aromatic heterocycles. The minimum absolute atomic E-state index is 0.0310. The lowest BCUT2D eigenvalue weighted by atomic mass is 9.86. The van der Waals surface area contributed by atoms with Gasteiger partial charge in [0, 0.05) is 25.4 Å². The quantitative estimate of drug-likeness (QED) is 0.505. The van der Waals surface area contributed by atoms with Crippen LogP contribution in [0.5, 0.6) is 0 Å². The molecule has 1 aliphatic heterocycles. The van der Waals surface area contributed by atoms with Crippen LogP contribution in [0, 0.1) is 17.8 Å². The molecule has 166 valence electrons. The van der Waals surface area contributed by atoms with Gasteiger partial charge in [-0.25, -0.2) is 0 Å². The zero-order chi connectivity index (χ0) is 21.3. The maximum absolute atomic E-state index is 10.7. The van der Waals surface area contributed by atoms with Gasteiger partial charge in [-0.15, -0.1) is 0 Å². The highest BCUT2D eigenvalue weighted by Gasteiger charge is 2.43. The number of aliphatic hydroxyl groups excluding tert-OH is 2. The van der Waals surface area contributed by atoms with E-state index in [4.69, 9.17) is 14.6 Å². The first kappa shape index (κ1) is 22.9. The molecular weight excluding hydrogens is 384 g/mol. The number of hydrogen-bond acceptors (Lipinski definition) is 5. The monoisotopic (exact) mass is 418 g/mol. The van der Waals surface area contributed by atoms with Crippen molar-refractivity contribution in [3.63, 3.8) is 0 Å². The first-order valence-electron chi connectivity index (χ1n) is 11.0. The second-order valence-corrected chi connectivity index (χ2v) is 8.60. The average Bonchev–Trinajstić information content (AvgIpc) is 2.89. The molecule has 6 atom stereocenters. The summed E-state index contributed by atoms with van der Waals surface area (Å²) in [6, 6.07) is 9.84. The summed E-state index contributed by atoms with van der Waals surface area (Å²) in [7, 11) is 0. The Morgan fingerprint density at radius 2 is 2.07 bits per heavy atom. The van der Waals surface area contributed by atoms with Gasteiger partial charge in [-0.1, -0.05) is 42.5 Å². The van der Waals surface area contributed by atoms with Crippen LogP contribution in [0.3, 0.4) is 0 Å². The van der Waals surface area contributed by atoms with Gasteiger partial charge in [0.1, 0.15) is 0 Å². The van der Waals surface area contributed by atoms with E-state index in [0.717, 1.165) is 24.8 Å². The highest BCUT2D eigenvalue weighted by molar-refractivity contribution is 5.66. The zero-order valence-electron chi connectivity index (χ0n) is 17.4. The number of hydrogen-bond donors (Lipinski definition) is 3. The lowest BCUT2D eigenvalue weighted by Crippen LogP contribution is -2.22. The average molecular weight is 419 g/mol. The molecule has 0 radical (unpaired) electrons. The maximum Gasteiger partial charge on any atom is 0.303 e. The van der Waals surface area contributed by atoms with Crippen molar-refractivity contribution in [1.29, 1.82) is 0 Å². The summed E-state index contributed by atoms with van der Waals surface area (Å²) in [6.07, 6.45) is 6.83. The van der Waals surface area contributed by atoms with Crippen LogP contribution in [0.1, 0.15) is 44.1 Å². The van der Waals surface area contributed by atoms with Gasteiger partial charge >= 0.3 is 5.97 Å². The van der Waals surface area contributed by atoms with Crippen LogP contribution >= 0.6 is 0 Å². The van der Waals surface area contributed by atoms with Crippen molar-refractivity contribution in [1.82, 2.24) is 0 Å². The van der Waals surface area contributed by atoms with Crippen LogP contribution in [0.2, 0.25) is 0 Å². The number of carboxylic acid groups (broad SMARTS) is 1. The predicted octanol–water partition coefficient (Wildman–Crippen LogP) is 3.17. The molecular formula is C24H34O6. The fourth-order valence-corrected chi connectivity index (χ4v) is 4.67. The SMILES string of the molecule is O=C(O)CCC[C@H]1CC[C@@H]2[C@@H](/C=C/[C@@H](O)COCc3ccccc3)[C@H](O)C[C@@H]2OC1. The van der Waals surface area contributed by atoms with Crippen LogP contribution in [-0.2, 0) is 20.9 Å². The second-order valence-electron chi connectivity index (χ2n) is 8.60. The van der Waals surface area contributed by atoms with E-state index < -0.39 is 18.2 Å². The van der Waals surface area contributed by atoms with Gasteiger partial charge in [0.15, 0.2) is 0 Å². The Kier molecular flexibility index (Phi) is 8.88. The van der Waals surface area contributed by atoms with Gasteiger partial charge in [0.05, 0.1) is 31.5 Å². The molecule has 1 saturated carbocycles. The third-order valence-electron chi connectivity index (χ3n) is 6.30. The van der Waals surface area contributed by atoms with Crippen LogP contribution in [-0.4, -0.2) is 52.8 Å². The van der Waals surface area contributed by atoms with Crippen molar-refractivity contribution in [3.8, 4) is 0 Å². The number of carboxylic acids is 1. The molecule has 2 aliphatic rings. The topological polar surface area (TPSA) is 96.2 Å². The Bertz CT molecular complexity index is 676. The van der Waals surface area contributed by atoms with Crippen LogP contribution in [0.25, 0.3) is 0 Å². The van der Waals surface area contributed by atoms with E-state index in [1.165, 1.54) is 0 Å². The number of aliphatic hydroxyl groups is 2. The highest BCUT2D eigenvalue weighted by Crippen LogP contribution is 2.41. The van der Waals surface area contributed by atoms with Gasteiger partial charge in [0.2, 0.25) is 0 Å². The summed E-state index contributed by atoms with van der Waals surface area (Å²) in [5, 5.41) is 29.6. The molecule has 1 saturated heterocycles. The summed E-state index contributed by atoms with van der Waals surface area (Å²) in [6.45, 7) is 1.31. The Hall–Kier alpha value is -1.73. The maximum atomic E-state index is 10.7. The first-order valence-corrected chi connectivity index (χ1v) is 11.0. The van der Waals surface area contributed by atoms with Gasteiger partial charge < -0.3 is 24.8 Å². The first-order chi connectivity index (χ1) is 14.5. The number of carbonyl (C=O) groups is 1. The van der Waals surface area contributed by atoms with E-state index in [1.807, 2.05) is 36.4 Å². The van der Waals surface area contributed by atoms with E-state index in [1.54, 1.807) is 6.08 Å². The largest absolute Gasteiger partial charge is 0.481 e. The normalized spacial score (nSPS) is 30.1. The minimum Gasteiger partial charge on any atom is -0.481 e. The van der Waals surface area contributed by atoms with E-state index in [-0.39, 0.29) is 31.0 Å². The summed E-state index contributed by atoms with van der Waals surface area (Å²) in [5.41, 5.74) is 1.07. The van der Waals surface area contributed by atoms with Gasteiger partial charge in [0.25, 0.3) is 0 Å². The van der Waals surface area contributed by atoms with Crippen LogP contribution in [0.4, 0.5) is 0 Å². The molecule has 0 spiro atoms. The molecule has 1 aliphatic carbocycles. The zero-order valence-corrected chi connectivity index (χ0v) is 17.4. The van der Waals surface area contributed by atoms with E-state index in [2.05, 4.69) is 0 Å². The number of ether oxygens (including phenoxy) is 2. The minimum atomic E-state index is -0.749. The number of benzene rings is 1. The molecule has 6 nitrogen and oxygen atoms in total. The summed E-state index contributed by atoms with van der Waals surface area (Å²) < 4.78 is 11.7. The van der Waals surface area contributed by atoms with Gasteiger partial charge in [-0.05, 0) is 43.1 Å². The van der Waals surface area contributed by atoms with Crippen molar-refractivity contribution >= 4 is 5.97 Å². The molecule has 3 rings (SSSR count). The fraction of sp³-hybridized carbons (Fsp3) is 0.625. The molecule has 0 bridgehead atoms. The molecule has 1 aromatic rings. The summed E-state index contributed by atoms with van der Waals surface area (Å²) in [4.78, 5) is 10.7. The molecule has 1 aromatic carbocycles. The Morgan fingerprint density at radius 3 is 2.83 bits per heavy atom. The Balaban J connectivity index is 1.45. The van der Waals surface area contributed by atoms with E-state index in [9.17, 15) is 15.0 Å². The predicted molar refractivity (Wildman–Crippen MR) is 113 cm³/mol. The van der Waals surface area contributed by atoms with Crippen LogP contribution < -0.4 is 0 Å². The summed E-state index contributed by atoms with van der Waals surface area (Å²) >= 11 is 0. The van der Waals surface area contributed by atoms with Crippen molar-refractivity contribution in [2.45, 2.75) is 63.4 Å². The van der Waals surface area contributed by atoms with E-state index >= 15 is 0 Å². The van der Waals surface area contributed by atoms with Crippen molar-refractivity contribution in [2.75, 3.05) is 13.2 Å². The number of rotatable bonds is 10. The van der Waals surface area contributed by atoms with Gasteiger partial charge in [-0.2, -0.15) is 0 Å². The van der Waals surface area contributed by atoms with Crippen molar-refractivity contribution in [3.05, 3.63) is 48.0 Å². The third-order valence-corrected chi connectivity index (χ3v) is 6.30. The summed E-state index contributed by atoms with van der Waals surface area (Å²) in [5.74, 6) is -0.163. The lowest BCUT2D eigenvalue weighted by molar-refractivity contribution is -0.137. The molecule has 3 N–H and O–H groups in total. The number of aliphatic carboxylic acids is 1. The molecule has 1 heterocycles. The van der Waals surface area contributed by atoms with E-state index in [0.29, 0.717) is 32.0 Å². The smallest absolute Gasteiger partial charge is 0.303 e. The standard InChI is InChI=1S/C24H34O6/c25-19(16-29-14-17-5-2-1-3-6-17)10-12-20-21-11-9-18(7-4-8-24(27)28)15-30-23(21)13-22(20)26/h1-3,5-6,10,12,18-23,25-26H,4,7-9,11,13-16H2,(H,27,28)/b12-10+/t18-,19+,20+,21+,22+,23-/m0/s1. The third kappa shape index (κ3) is 6.91. The molecule has 0 unspecified atom stereocenters. The Morgan fingerprint density at radius 1 is 1.27 bits per heavy atom. The molecule has 2 fully saturated rings. The molecule has 30 heavy (non-hydrogen) atoms. The number of fused-ring (bicyclic) bond motifs is 1.